The van der Waals surface area contributed by atoms with Crippen LogP contribution in [0.5, 0.6) is 0 Å². The lowest BCUT2D eigenvalue weighted by atomic mass is 9.74. The molecule has 0 heterocycles. The summed E-state index contributed by atoms with van der Waals surface area (Å²) in [7, 11) is 0. The van der Waals surface area contributed by atoms with Crippen molar-refractivity contribution in [1.82, 2.24) is 0 Å². The molecule has 100 valence electrons. The highest BCUT2D eigenvalue weighted by atomic mass is 14.3. The standard InChI is InChI=1S/C10H20.2C3H8/c1-8(2)7-9(3)10-5-4-6-10;2*1-3-2/h8-10H,4-7H2,1-3H3;2*3H2,1-2H3. The van der Waals surface area contributed by atoms with E-state index in [1.165, 1.54) is 38.5 Å². The molecule has 0 aromatic carbocycles. The van der Waals surface area contributed by atoms with Crippen molar-refractivity contribution in [3.63, 3.8) is 0 Å². The van der Waals surface area contributed by atoms with Gasteiger partial charge in [0.1, 0.15) is 0 Å². The number of rotatable bonds is 3. The number of hydrogen-bond donors (Lipinski definition) is 0. The van der Waals surface area contributed by atoms with Crippen molar-refractivity contribution in [3.05, 3.63) is 0 Å². The Labute approximate surface area is 105 Å². The average Bonchev–Trinajstić information content (AvgIpc) is 2.00. The maximum Gasteiger partial charge on any atom is -0.0388 e. The van der Waals surface area contributed by atoms with Gasteiger partial charge in [-0.15, -0.1) is 0 Å². The van der Waals surface area contributed by atoms with E-state index in [2.05, 4.69) is 48.5 Å². The summed E-state index contributed by atoms with van der Waals surface area (Å²) >= 11 is 0. The lowest BCUT2D eigenvalue weighted by Gasteiger charge is -2.32. The molecule has 1 rings (SSSR count). The van der Waals surface area contributed by atoms with E-state index in [1.807, 2.05) is 0 Å². The molecule has 0 aromatic heterocycles. The monoisotopic (exact) mass is 228 g/mol. The highest BCUT2D eigenvalue weighted by Gasteiger charge is 2.23. The maximum atomic E-state index is 2.42. The summed E-state index contributed by atoms with van der Waals surface area (Å²) in [4.78, 5) is 0. The van der Waals surface area contributed by atoms with Crippen LogP contribution in [0.25, 0.3) is 0 Å². The Morgan fingerprint density at radius 3 is 1.44 bits per heavy atom. The summed E-state index contributed by atoms with van der Waals surface area (Å²) in [6.45, 7) is 15.6. The molecule has 0 heteroatoms. The fourth-order valence-corrected chi connectivity index (χ4v) is 1.94. The lowest BCUT2D eigenvalue weighted by Crippen LogP contribution is -2.20. The molecule has 0 aromatic rings. The van der Waals surface area contributed by atoms with Crippen molar-refractivity contribution in [3.8, 4) is 0 Å². The minimum atomic E-state index is 0.899. The molecule has 1 saturated carbocycles. The Hall–Kier alpha value is 0. The van der Waals surface area contributed by atoms with Gasteiger partial charge in [-0.1, -0.05) is 80.6 Å². The second-order valence-corrected chi connectivity index (χ2v) is 5.71. The first kappa shape index (κ1) is 18.4. The summed E-state index contributed by atoms with van der Waals surface area (Å²) in [5.74, 6) is 2.98. The summed E-state index contributed by atoms with van der Waals surface area (Å²) in [6.07, 6.45) is 8.44. The zero-order valence-electron chi connectivity index (χ0n) is 13.0. The number of hydrogen-bond acceptors (Lipinski definition) is 0. The molecule has 0 amide bonds. The lowest BCUT2D eigenvalue weighted by molar-refractivity contribution is 0.195. The van der Waals surface area contributed by atoms with E-state index in [0.717, 1.165) is 17.8 Å². The summed E-state index contributed by atoms with van der Waals surface area (Å²) < 4.78 is 0. The molecule has 0 spiro atoms. The van der Waals surface area contributed by atoms with Crippen LogP contribution in [0, 0.1) is 17.8 Å². The van der Waals surface area contributed by atoms with Crippen molar-refractivity contribution < 1.29 is 0 Å². The highest BCUT2D eigenvalue weighted by molar-refractivity contribution is 4.75. The molecule has 1 atom stereocenters. The van der Waals surface area contributed by atoms with Gasteiger partial charge in [0.25, 0.3) is 0 Å². The molecule has 1 unspecified atom stereocenters. The van der Waals surface area contributed by atoms with Crippen LogP contribution in [0.2, 0.25) is 0 Å². The van der Waals surface area contributed by atoms with Crippen LogP contribution in [0.1, 0.15) is 87.0 Å². The smallest absolute Gasteiger partial charge is 0.0388 e. The van der Waals surface area contributed by atoms with Gasteiger partial charge in [-0.2, -0.15) is 0 Å². The summed E-state index contributed by atoms with van der Waals surface area (Å²) in [6, 6.07) is 0. The van der Waals surface area contributed by atoms with E-state index >= 15 is 0 Å². The van der Waals surface area contributed by atoms with Gasteiger partial charge in [0.15, 0.2) is 0 Å². The Morgan fingerprint density at radius 2 is 1.25 bits per heavy atom. The van der Waals surface area contributed by atoms with Crippen LogP contribution in [0.15, 0.2) is 0 Å². The van der Waals surface area contributed by atoms with Gasteiger partial charge in [-0.3, -0.25) is 0 Å². The molecule has 0 bridgehead atoms. The van der Waals surface area contributed by atoms with Crippen LogP contribution in [-0.4, -0.2) is 0 Å². The van der Waals surface area contributed by atoms with Crippen LogP contribution in [-0.2, 0) is 0 Å². The zero-order valence-corrected chi connectivity index (χ0v) is 13.0. The quantitative estimate of drug-likeness (QED) is 0.531. The van der Waals surface area contributed by atoms with Crippen LogP contribution in [0.3, 0.4) is 0 Å². The normalized spacial score (nSPS) is 16.5. The Balaban J connectivity index is 0. The van der Waals surface area contributed by atoms with Crippen molar-refractivity contribution in [2.45, 2.75) is 87.0 Å². The largest absolute Gasteiger partial charge is 0.0656 e. The molecule has 16 heavy (non-hydrogen) atoms. The molecule has 1 fully saturated rings. The Morgan fingerprint density at radius 1 is 0.875 bits per heavy atom. The van der Waals surface area contributed by atoms with Crippen molar-refractivity contribution in [2.24, 2.45) is 17.8 Å². The van der Waals surface area contributed by atoms with E-state index in [4.69, 9.17) is 0 Å². The first-order valence-electron chi connectivity index (χ1n) is 7.53. The second-order valence-electron chi connectivity index (χ2n) is 5.71. The first-order chi connectivity index (χ1) is 7.53. The minimum Gasteiger partial charge on any atom is -0.0656 e. The van der Waals surface area contributed by atoms with E-state index in [-0.39, 0.29) is 0 Å². The highest BCUT2D eigenvalue weighted by Crippen LogP contribution is 2.35. The SMILES string of the molecule is CC(C)CC(C)C1CCC1.CCC.CCC. The first-order valence-corrected chi connectivity index (χ1v) is 7.53. The third kappa shape index (κ3) is 12.1. The third-order valence-corrected chi connectivity index (χ3v) is 2.80. The van der Waals surface area contributed by atoms with Gasteiger partial charge in [-0.05, 0) is 24.2 Å². The van der Waals surface area contributed by atoms with Crippen LogP contribution >= 0.6 is 0 Å². The second kappa shape index (κ2) is 13.1. The van der Waals surface area contributed by atoms with Crippen molar-refractivity contribution in [1.29, 1.82) is 0 Å². The van der Waals surface area contributed by atoms with Gasteiger partial charge in [0.2, 0.25) is 0 Å². The van der Waals surface area contributed by atoms with Crippen molar-refractivity contribution >= 4 is 0 Å². The zero-order chi connectivity index (χ0) is 13.0. The molecule has 0 radical (unpaired) electrons. The topological polar surface area (TPSA) is 0 Å². The molecular formula is C16H36. The van der Waals surface area contributed by atoms with E-state index in [0.29, 0.717) is 0 Å². The molecule has 0 nitrogen and oxygen atoms in total. The predicted octanol–water partition coefficient (Wildman–Crippen LogP) is 6.30. The summed E-state index contributed by atoms with van der Waals surface area (Å²) in [5, 5.41) is 0. The molecular weight excluding hydrogens is 192 g/mol. The fourth-order valence-electron chi connectivity index (χ4n) is 1.94. The molecule has 0 aliphatic heterocycles. The van der Waals surface area contributed by atoms with E-state index < -0.39 is 0 Å². The molecule has 0 N–H and O–H groups in total. The fraction of sp³-hybridized carbons (Fsp3) is 1.00. The van der Waals surface area contributed by atoms with E-state index in [9.17, 15) is 0 Å². The molecule has 1 aliphatic carbocycles. The average molecular weight is 228 g/mol. The third-order valence-electron chi connectivity index (χ3n) is 2.80. The van der Waals surface area contributed by atoms with Crippen molar-refractivity contribution in [2.75, 3.05) is 0 Å². The van der Waals surface area contributed by atoms with Gasteiger partial charge in [0.05, 0.1) is 0 Å². The predicted molar refractivity (Wildman–Crippen MR) is 77.9 cm³/mol. The Bertz CT molecular complexity index is 109. The maximum absolute atomic E-state index is 2.42. The van der Waals surface area contributed by atoms with E-state index in [1.54, 1.807) is 0 Å². The van der Waals surface area contributed by atoms with Crippen LogP contribution in [0.4, 0.5) is 0 Å². The van der Waals surface area contributed by atoms with Gasteiger partial charge in [0, 0.05) is 0 Å². The Kier molecular flexibility index (Phi) is 15.0. The van der Waals surface area contributed by atoms with Gasteiger partial charge in [-0.25, -0.2) is 0 Å². The van der Waals surface area contributed by atoms with Crippen LogP contribution < -0.4 is 0 Å². The van der Waals surface area contributed by atoms with Gasteiger partial charge < -0.3 is 0 Å². The van der Waals surface area contributed by atoms with Gasteiger partial charge >= 0.3 is 0 Å². The summed E-state index contributed by atoms with van der Waals surface area (Å²) in [5.41, 5.74) is 0. The molecule has 0 saturated heterocycles. The minimum absolute atomic E-state index is 0.899. The molecule has 1 aliphatic rings.